The van der Waals surface area contributed by atoms with Crippen LogP contribution < -0.4 is 5.32 Å². The van der Waals surface area contributed by atoms with Gasteiger partial charge in [0, 0.05) is 17.1 Å². The van der Waals surface area contributed by atoms with E-state index < -0.39 is 0 Å². The Balaban J connectivity index is 2.72. The second-order valence-electron chi connectivity index (χ2n) is 4.86. The SMILES string of the molecule is CCC(NC(C)C(C)CC)c1cccc(Cl)c1. The Kier molecular flexibility index (Phi) is 6.01. The molecular weight excluding hydrogens is 230 g/mol. The standard InChI is InChI=1S/C15H24ClN/c1-5-11(3)12(4)17-15(6-2)13-8-7-9-14(16)10-13/h7-12,15,17H,5-6H2,1-4H3. The van der Waals surface area contributed by atoms with Crippen molar-refractivity contribution in [2.24, 2.45) is 5.92 Å². The Morgan fingerprint density at radius 3 is 2.41 bits per heavy atom. The van der Waals surface area contributed by atoms with E-state index in [0.717, 1.165) is 11.4 Å². The fraction of sp³-hybridized carbons (Fsp3) is 0.600. The number of benzene rings is 1. The van der Waals surface area contributed by atoms with Gasteiger partial charge in [0.2, 0.25) is 0 Å². The summed E-state index contributed by atoms with van der Waals surface area (Å²) >= 11 is 6.04. The molecule has 2 heteroatoms. The van der Waals surface area contributed by atoms with Crippen molar-refractivity contribution in [2.75, 3.05) is 0 Å². The van der Waals surface area contributed by atoms with Crippen LogP contribution in [0.2, 0.25) is 5.02 Å². The van der Waals surface area contributed by atoms with Crippen molar-refractivity contribution < 1.29 is 0 Å². The first kappa shape index (κ1) is 14.5. The van der Waals surface area contributed by atoms with Crippen LogP contribution in [0, 0.1) is 5.92 Å². The van der Waals surface area contributed by atoms with E-state index >= 15 is 0 Å². The molecule has 3 unspecified atom stereocenters. The second-order valence-corrected chi connectivity index (χ2v) is 5.29. The zero-order valence-electron chi connectivity index (χ0n) is 11.3. The topological polar surface area (TPSA) is 12.0 Å². The molecule has 0 aliphatic carbocycles. The van der Waals surface area contributed by atoms with Gasteiger partial charge in [-0.15, -0.1) is 0 Å². The highest BCUT2D eigenvalue weighted by Gasteiger charge is 2.16. The molecule has 0 heterocycles. The number of hydrogen-bond donors (Lipinski definition) is 1. The van der Waals surface area contributed by atoms with Crippen LogP contribution in [-0.4, -0.2) is 6.04 Å². The number of hydrogen-bond acceptors (Lipinski definition) is 1. The number of rotatable bonds is 6. The molecule has 0 spiro atoms. The fourth-order valence-corrected chi connectivity index (χ4v) is 2.21. The Morgan fingerprint density at radius 1 is 1.18 bits per heavy atom. The minimum atomic E-state index is 0.401. The molecule has 0 aliphatic rings. The Hall–Kier alpha value is -0.530. The molecule has 1 nitrogen and oxygen atoms in total. The van der Waals surface area contributed by atoms with Crippen molar-refractivity contribution in [1.82, 2.24) is 5.32 Å². The molecule has 0 saturated carbocycles. The Labute approximate surface area is 111 Å². The van der Waals surface area contributed by atoms with Gasteiger partial charge in [0.15, 0.2) is 0 Å². The van der Waals surface area contributed by atoms with E-state index in [0.29, 0.717) is 18.0 Å². The van der Waals surface area contributed by atoms with Gasteiger partial charge in [-0.3, -0.25) is 0 Å². The van der Waals surface area contributed by atoms with Crippen molar-refractivity contribution in [3.05, 3.63) is 34.9 Å². The molecule has 1 rings (SSSR count). The minimum absolute atomic E-state index is 0.401. The highest BCUT2D eigenvalue weighted by molar-refractivity contribution is 6.30. The summed E-state index contributed by atoms with van der Waals surface area (Å²) < 4.78 is 0. The number of halogens is 1. The maximum absolute atomic E-state index is 6.04. The lowest BCUT2D eigenvalue weighted by Crippen LogP contribution is -2.34. The highest BCUT2D eigenvalue weighted by Crippen LogP contribution is 2.22. The summed E-state index contributed by atoms with van der Waals surface area (Å²) in [5, 5.41) is 4.52. The van der Waals surface area contributed by atoms with E-state index in [1.807, 2.05) is 12.1 Å². The van der Waals surface area contributed by atoms with Crippen molar-refractivity contribution >= 4 is 11.6 Å². The predicted molar refractivity (Wildman–Crippen MR) is 76.5 cm³/mol. The van der Waals surface area contributed by atoms with Crippen molar-refractivity contribution in [1.29, 1.82) is 0 Å². The predicted octanol–water partition coefficient (Wildman–Crippen LogP) is 4.82. The molecule has 0 bridgehead atoms. The summed E-state index contributed by atoms with van der Waals surface area (Å²) in [6, 6.07) is 9.09. The largest absolute Gasteiger partial charge is 0.307 e. The lowest BCUT2D eigenvalue weighted by Gasteiger charge is -2.26. The molecule has 0 amide bonds. The number of nitrogens with one attached hydrogen (secondary N) is 1. The summed E-state index contributed by atoms with van der Waals surface area (Å²) in [7, 11) is 0. The molecule has 1 aromatic carbocycles. The smallest absolute Gasteiger partial charge is 0.0409 e. The molecule has 0 saturated heterocycles. The molecule has 1 N–H and O–H groups in total. The van der Waals surface area contributed by atoms with Gasteiger partial charge >= 0.3 is 0 Å². The quantitative estimate of drug-likeness (QED) is 0.767. The van der Waals surface area contributed by atoms with Crippen molar-refractivity contribution in [3.63, 3.8) is 0 Å². The summed E-state index contributed by atoms with van der Waals surface area (Å²) in [6.45, 7) is 9.01. The monoisotopic (exact) mass is 253 g/mol. The van der Waals surface area contributed by atoms with Crippen LogP contribution in [0.25, 0.3) is 0 Å². The minimum Gasteiger partial charge on any atom is -0.307 e. The van der Waals surface area contributed by atoms with E-state index in [1.54, 1.807) is 0 Å². The van der Waals surface area contributed by atoms with Gasteiger partial charge < -0.3 is 5.32 Å². The maximum atomic E-state index is 6.04. The van der Waals surface area contributed by atoms with Crippen LogP contribution in [0.3, 0.4) is 0 Å². The van der Waals surface area contributed by atoms with E-state index in [4.69, 9.17) is 11.6 Å². The van der Waals surface area contributed by atoms with E-state index in [-0.39, 0.29) is 0 Å². The molecule has 0 radical (unpaired) electrons. The van der Waals surface area contributed by atoms with Crippen molar-refractivity contribution in [3.8, 4) is 0 Å². The van der Waals surface area contributed by atoms with Gasteiger partial charge in [0.25, 0.3) is 0 Å². The van der Waals surface area contributed by atoms with Gasteiger partial charge in [-0.05, 0) is 37.0 Å². The second kappa shape index (κ2) is 7.03. The van der Waals surface area contributed by atoms with Crippen LogP contribution in [0.5, 0.6) is 0 Å². The molecule has 0 aliphatic heterocycles. The average Bonchev–Trinajstić information content (AvgIpc) is 2.34. The van der Waals surface area contributed by atoms with E-state index in [9.17, 15) is 0 Å². The van der Waals surface area contributed by atoms with Crippen LogP contribution in [0.4, 0.5) is 0 Å². The van der Waals surface area contributed by atoms with Gasteiger partial charge in [0.1, 0.15) is 0 Å². The first-order chi connectivity index (χ1) is 8.08. The van der Waals surface area contributed by atoms with E-state index in [1.165, 1.54) is 12.0 Å². The normalized spacial score (nSPS) is 16.5. The maximum Gasteiger partial charge on any atom is 0.0409 e. The van der Waals surface area contributed by atoms with Gasteiger partial charge in [-0.25, -0.2) is 0 Å². The zero-order valence-corrected chi connectivity index (χ0v) is 12.1. The van der Waals surface area contributed by atoms with Gasteiger partial charge in [-0.2, -0.15) is 0 Å². The van der Waals surface area contributed by atoms with Crippen LogP contribution in [0.1, 0.15) is 52.1 Å². The lowest BCUT2D eigenvalue weighted by atomic mass is 9.97. The fourth-order valence-electron chi connectivity index (χ4n) is 2.01. The molecule has 96 valence electrons. The third-order valence-electron chi connectivity index (χ3n) is 3.62. The highest BCUT2D eigenvalue weighted by atomic mass is 35.5. The van der Waals surface area contributed by atoms with Crippen LogP contribution >= 0.6 is 11.6 Å². The summed E-state index contributed by atoms with van der Waals surface area (Å²) in [5.41, 5.74) is 1.29. The lowest BCUT2D eigenvalue weighted by molar-refractivity contribution is 0.346. The third kappa shape index (κ3) is 4.33. The average molecular weight is 254 g/mol. The first-order valence-electron chi connectivity index (χ1n) is 6.60. The zero-order chi connectivity index (χ0) is 12.8. The molecule has 3 atom stereocenters. The molecular formula is C15H24ClN. The molecule has 17 heavy (non-hydrogen) atoms. The summed E-state index contributed by atoms with van der Waals surface area (Å²) in [5.74, 6) is 0.697. The third-order valence-corrected chi connectivity index (χ3v) is 3.86. The van der Waals surface area contributed by atoms with Crippen LogP contribution in [0.15, 0.2) is 24.3 Å². The van der Waals surface area contributed by atoms with Crippen molar-refractivity contribution in [2.45, 2.75) is 52.6 Å². The Morgan fingerprint density at radius 2 is 1.88 bits per heavy atom. The van der Waals surface area contributed by atoms with Gasteiger partial charge in [-0.1, -0.05) is 50.9 Å². The molecule has 0 aromatic heterocycles. The van der Waals surface area contributed by atoms with Crippen LogP contribution in [-0.2, 0) is 0 Å². The summed E-state index contributed by atoms with van der Waals surface area (Å²) in [4.78, 5) is 0. The van der Waals surface area contributed by atoms with Gasteiger partial charge in [0.05, 0.1) is 0 Å². The summed E-state index contributed by atoms with van der Waals surface area (Å²) in [6.07, 6.45) is 2.29. The Bertz CT molecular complexity index is 337. The first-order valence-corrected chi connectivity index (χ1v) is 6.97. The van der Waals surface area contributed by atoms with E-state index in [2.05, 4.69) is 45.1 Å². The molecule has 0 fully saturated rings. The molecule has 1 aromatic rings.